The van der Waals surface area contributed by atoms with Crippen LogP contribution in [0.4, 0.5) is 5.69 Å². The number of nitro groups is 1. The van der Waals surface area contributed by atoms with Crippen LogP contribution in [0.3, 0.4) is 0 Å². The van der Waals surface area contributed by atoms with Gasteiger partial charge in [-0.15, -0.1) is 0 Å². The fraction of sp³-hybridized carbons (Fsp3) is 0.545. The van der Waals surface area contributed by atoms with E-state index < -0.39 is 14.8 Å². The lowest BCUT2D eigenvalue weighted by molar-refractivity contribution is -0.385. The van der Waals surface area contributed by atoms with Gasteiger partial charge in [-0.2, -0.15) is 0 Å². The van der Waals surface area contributed by atoms with Gasteiger partial charge in [-0.25, -0.2) is 13.4 Å². The molecule has 1 aromatic rings. The summed E-state index contributed by atoms with van der Waals surface area (Å²) in [4.78, 5) is 13.6. The predicted octanol–water partition coefficient (Wildman–Crippen LogP) is 0.763. The first-order chi connectivity index (χ1) is 8.99. The van der Waals surface area contributed by atoms with Gasteiger partial charge in [0, 0.05) is 6.07 Å². The summed E-state index contributed by atoms with van der Waals surface area (Å²) in [7, 11) is -3.48. The lowest BCUT2D eigenvalue weighted by Crippen LogP contribution is -2.33. The molecule has 1 N–H and O–H groups in total. The Kier molecular flexibility index (Phi) is 4.11. The molecule has 2 heterocycles. The molecule has 0 unspecified atom stereocenters. The van der Waals surface area contributed by atoms with Gasteiger partial charge in [-0.1, -0.05) is 0 Å². The van der Waals surface area contributed by atoms with Crippen molar-refractivity contribution in [3.63, 3.8) is 0 Å². The minimum absolute atomic E-state index is 0.0326. The quantitative estimate of drug-likeness (QED) is 0.647. The van der Waals surface area contributed by atoms with Crippen LogP contribution in [0, 0.1) is 16.0 Å². The Morgan fingerprint density at radius 1 is 1.47 bits per heavy atom. The van der Waals surface area contributed by atoms with E-state index in [0.29, 0.717) is 6.54 Å². The van der Waals surface area contributed by atoms with E-state index in [1.54, 1.807) is 0 Å². The van der Waals surface area contributed by atoms with Gasteiger partial charge < -0.3 is 5.32 Å². The van der Waals surface area contributed by atoms with Crippen molar-refractivity contribution in [1.29, 1.82) is 0 Å². The molecule has 1 aliphatic rings. The lowest BCUT2D eigenvalue weighted by atomic mass is 10.0. The number of aromatic nitrogens is 1. The summed E-state index contributed by atoms with van der Waals surface area (Å²) < 4.78 is 24.2. The number of nitrogens with one attached hydrogen (secondary N) is 1. The Morgan fingerprint density at radius 2 is 2.26 bits per heavy atom. The summed E-state index contributed by atoms with van der Waals surface area (Å²) >= 11 is 0. The van der Waals surface area contributed by atoms with Crippen LogP contribution in [-0.4, -0.2) is 37.2 Å². The maximum atomic E-state index is 12.1. The van der Waals surface area contributed by atoms with Crippen molar-refractivity contribution in [2.24, 2.45) is 5.92 Å². The monoisotopic (exact) mass is 285 g/mol. The van der Waals surface area contributed by atoms with Crippen LogP contribution in [0.5, 0.6) is 0 Å². The van der Waals surface area contributed by atoms with E-state index in [-0.39, 0.29) is 22.4 Å². The van der Waals surface area contributed by atoms with Gasteiger partial charge in [0.2, 0.25) is 0 Å². The summed E-state index contributed by atoms with van der Waals surface area (Å²) in [6, 6.07) is 2.36. The number of nitrogens with zero attached hydrogens (tertiary/aromatic N) is 2. The number of hydrogen-bond acceptors (Lipinski definition) is 6. The van der Waals surface area contributed by atoms with Crippen LogP contribution in [0.2, 0.25) is 0 Å². The Labute approximate surface area is 111 Å². The van der Waals surface area contributed by atoms with E-state index in [9.17, 15) is 18.5 Å². The molecule has 104 valence electrons. The fourth-order valence-electron chi connectivity index (χ4n) is 2.13. The highest BCUT2D eigenvalue weighted by Crippen LogP contribution is 2.18. The summed E-state index contributed by atoms with van der Waals surface area (Å²) in [5.74, 6) is 0.112. The van der Waals surface area contributed by atoms with E-state index in [0.717, 1.165) is 25.6 Å². The fourth-order valence-corrected chi connectivity index (χ4v) is 3.69. The van der Waals surface area contributed by atoms with Crippen molar-refractivity contribution < 1.29 is 13.3 Å². The van der Waals surface area contributed by atoms with E-state index in [4.69, 9.17) is 0 Å². The molecule has 0 radical (unpaired) electrons. The molecule has 1 saturated heterocycles. The van der Waals surface area contributed by atoms with Gasteiger partial charge in [0.25, 0.3) is 5.69 Å². The van der Waals surface area contributed by atoms with Crippen molar-refractivity contribution in [3.05, 3.63) is 28.4 Å². The molecule has 0 bridgehead atoms. The van der Waals surface area contributed by atoms with E-state index in [1.807, 2.05) is 0 Å². The smallest absolute Gasteiger partial charge is 0.287 e. The third-order valence-electron chi connectivity index (χ3n) is 3.10. The van der Waals surface area contributed by atoms with Gasteiger partial charge in [-0.3, -0.25) is 10.1 Å². The zero-order valence-electron chi connectivity index (χ0n) is 10.3. The molecule has 0 amide bonds. The van der Waals surface area contributed by atoms with Crippen molar-refractivity contribution in [1.82, 2.24) is 10.3 Å². The summed E-state index contributed by atoms with van der Waals surface area (Å²) in [5.41, 5.74) is -0.210. The standard InChI is InChI=1S/C11H15N3O4S/c15-14(16)10-3-4-11(13-7-10)19(17,18)8-9-2-1-5-12-6-9/h3-4,7,9,12H,1-2,5-6,8H2/t9-/m1/s1. The molecular weight excluding hydrogens is 270 g/mol. The summed E-state index contributed by atoms with van der Waals surface area (Å²) in [5, 5.41) is 13.6. The first-order valence-electron chi connectivity index (χ1n) is 6.03. The second-order valence-corrected chi connectivity index (χ2v) is 6.59. The molecule has 0 aliphatic carbocycles. The third kappa shape index (κ3) is 3.48. The first kappa shape index (κ1) is 13.9. The van der Waals surface area contributed by atoms with Gasteiger partial charge in [0.05, 0.1) is 10.7 Å². The molecule has 1 atom stereocenters. The van der Waals surface area contributed by atoms with Crippen LogP contribution in [-0.2, 0) is 9.84 Å². The highest BCUT2D eigenvalue weighted by atomic mass is 32.2. The van der Waals surface area contributed by atoms with Crippen LogP contribution < -0.4 is 5.32 Å². The minimum Gasteiger partial charge on any atom is -0.316 e. The molecule has 1 aromatic heterocycles. The van der Waals surface area contributed by atoms with Crippen molar-refractivity contribution in [2.45, 2.75) is 17.9 Å². The molecule has 19 heavy (non-hydrogen) atoms. The number of hydrogen-bond donors (Lipinski definition) is 1. The molecule has 1 aliphatic heterocycles. The zero-order valence-corrected chi connectivity index (χ0v) is 11.1. The third-order valence-corrected chi connectivity index (χ3v) is 4.89. The second-order valence-electron chi connectivity index (χ2n) is 4.61. The lowest BCUT2D eigenvalue weighted by Gasteiger charge is -2.22. The summed E-state index contributed by atoms with van der Waals surface area (Å²) in [6.07, 6.45) is 2.82. The van der Waals surface area contributed by atoms with Crippen LogP contribution >= 0.6 is 0 Å². The van der Waals surface area contributed by atoms with E-state index in [2.05, 4.69) is 10.3 Å². The van der Waals surface area contributed by atoms with Gasteiger partial charge in [0.15, 0.2) is 14.9 Å². The normalized spacial score (nSPS) is 20.1. The van der Waals surface area contributed by atoms with Crippen LogP contribution in [0.25, 0.3) is 0 Å². The van der Waals surface area contributed by atoms with Gasteiger partial charge >= 0.3 is 0 Å². The molecule has 8 heteroatoms. The number of pyridine rings is 1. The molecule has 0 aromatic carbocycles. The van der Waals surface area contributed by atoms with E-state index >= 15 is 0 Å². The van der Waals surface area contributed by atoms with Gasteiger partial charge in [0.1, 0.15) is 6.20 Å². The van der Waals surface area contributed by atoms with Crippen molar-refractivity contribution in [3.8, 4) is 0 Å². The number of rotatable bonds is 4. The number of piperidine rings is 1. The summed E-state index contributed by atoms with van der Waals surface area (Å²) in [6.45, 7) is 1.61. The zero-order chi connectivity index (χ0) is 13.9. The predicted molar refractivity (Wildman–Crippen MR) is 68.5 cm³/mol. The maximum Gasteiger partial charge on any atom is 0.287 e. The maximum absolute atomic E-state index is 12.1. The van der Waals surface area contributed by atoms with Crippen LogP contribution in [0.1, 0.15) is 12.8 Å². The Hall–Kier alpha value is -1.54. The second kappa shape index (κ2) is 5.62. The average Bonchev–Trinajstić information content (AvgIpc) is 2.39. The Morgan fingerprint density at radius 3 is 2.79 bits per heavy atom. The minimum atomic E-state index is -3.48. The van der Waals surface area contributed by atoms with Gasteiger partial charge in [-0.05, 0) is 37.9 Å². The Balaban J connectivity index is 2.12. The highest BCUT2D eigenvalue weighted by molar-refractivity contribution is 7.91. The molecule has 0 spiro atoms. The topological polar surface area (TPSA) is 102 Å². The molecule has 2 rings (SSSR count). The number of sulfone groups is 1. The van der Waals surface area contributed by atoms with E-state index in [1.165, 1.54) is 12.1 Å². The first-order valence-corrected chi connectivity index (χ1v) is 7.68. The SMILES string of the molecule is O=[N+]([O-])c1ccc(S(=O)(=O)C[C@@H]2CCCNC2)nc1. The Bertz CT molecular complexity index is 550. The van der Waals surface area contributed by atoms with Crippen LogP contribution in [0.15, 0.2) is 23.4 Å². The highest BCUT2D eigenvalue weighted by Gasteiger charge is 2.24. The molecule has 1 fully saturated rings. The van der Waals surface area contributed by atoms with Crippen molar-refractivity contribution >= 4 is 15.5 Å². The largest absolute Gasteiger partial charge is 0.316 e. The molecule has 0 saturated carbocycles. The molecular formula is C11H15N3O4S. The average molecular weight is 285 g/mol. The molecule has 7 nitrogen and oxygen atoms in total. The van der Waals surface area contributed by atoms with Crippen molar-refractivity contribution in [2.75, 3.05) is 18.8 Å².